The van der Waals surface area contributed by atoms with Crippen LogP contribution in [0.25, 0.3) is 0 Å². The lowest BCUT2D eigenvalue weighted by Gasteiger charge is -2.13. The number of carbonyl (C=O) groups is 2. The second kappa shape index (κ2) is 7.04. The van der Waals surface area contributed by atoms with Gasteiger partial charge in [0.05, 0.1) is 16.9 Å². The van der Waals surface area contributed by atoms with Crippen LogP contribution < -0.4 is 10.6 Å². The molecule has 0 aromatic heterocycles. The summed E-state index contributed by atoms with van der Waals surface area (Å²) in [6.07, 6.45) is -4.64. The van der Waals surface area contributed by atoms with Crippen molar-refractivity contribution in [3.05, 3.63) is 58.1 Å². The lowest BCUT2D eigenvalue weighted by Crippen LogP contribution is -2.30. The summed E-state index contributed by atoms with van der Waals surface area (Å²) in [7, 11) is 0. The van der Waals surface area contributed by atoms with Crippen molar-refractivity contribution in [2.24, 2.45) is 0 Å². The van der Waals surface area contributed by atoms with Crippen molar-refractivity contribution < 1.29 is 22.8 Å². The largest absolute Gasteiger partial charge is 0.418 e. The highest BCUT2D eigenvalue weighted by Crippen LogP contribution is 2.34. The molecule has 0 fully saturated rings. The molecule has 24 heavy (non-hydrogen) atoms. The van der Waals surface area contributed by atoms with Gasteiger partial charge in [-0.15, -0.1) is 0 Å². The zero-order valence-electron chi connectivity index (χ0n) is 12.4. The highest BCUT2D eigenvalue weighted by molar-refractivity contribution is 9.10. The Morgan fingerprint density at radius 2 is 1.54 bits per heavy atom. The van der Waals surface area contributed by atoms with Crippen molar-refractivity contribution in [2.75, 3.05) is 10.6 Å². The predicted molar refractivity (Wildman–Crippen MR) is 87.6 cm³/mol. The van der Waals surface area contributed by atoms with Gasteiger partial charge in [0.25, 0.3) is 0 Å². The van der Waals surface area contributed by atoms with Crippen LogP contribution in [0.15, 0.2) is 46.9 Å². The molecular weight excluding hydrogens is 389 g/mol. The Balaban J connectivity index is 2.14. The maximum absolute atomic E-state index is 12.9. The molecule has 0 aliphatic heterocycles. The summed E-state index contributed by atoms with van der Waals surface area (Å²) in [6, 6.07) is 9.46. The zero-order chi connectivity index (χ0) is 17.9. The van der Waals surface area contributed by atoms with Gasteiger partial charge < -0.3 is 10.6 Å². The number of nitrogens with one attached hydrogen (secondary N) is 2. The van der Waals surface area contributed by atoms with Crippen LogP contribution in [0.3, 0.4) is 0 Å². The summed E-state index contributed by atoms with van der Waals surface area (Å²) in [4.78, 5) is 23.8. The van der Waals surface area contributed by atoms with Crippen LogP contribution in [0, 0.1) is 6.92 Å². The van der Waals surface area contributed by atoms with E-state index in [2.05, 4.69) is 21.2 Å². The summed E-state index contributed by atoms with van der Waals surface area (Å²) in [6.45, 7) is 1.84. The van der Waals surface area contributed by atoms with Crippen molar-refractivity contribution in [1.29, 1.82) is 0 Å². The Kier molecular flexibility index (Phi) is 5.28. The summed E-state index contributed by atoms with van der Waals surface area (Å²) < 4.78 is 39.2. The van der Waals surface area contributed by atoms with E-state index >= 15 is 0 Å². The molecule has 2 aromatic rings. The second-order valence-corrected chi connectivity index (χ2v) is 5.79. The molecule has 0 bridgehead atoms. The fraction of sp³-hybridized carbons (Fsp3) is 0.125. The molecule has 0 aliphatic carbocycles. The zero-order valence-corrected chi connectivity index (χ0v) is 14.0. The normalized spacial score (nSPS) is 11.0. The van der Waals surface area contributed by atoms with Crippen molar-refractivity contribution in [1.82, 2.24) is 0 Å². The van der Waals surface area contributed by atoms with Crippen LogP contribution >= 0.6 is 15.9 Å². The number of amides is 2. The first-order chi connectivity index (χ1) is 11.2. The van der Waals surface area contributed by atoms with Crippen molar-refractivity contribution in [2.45, 2.75) is 13.1 Å². The highest BCUT2D eigenvalue weighted by atomic mass is 79.9. The van der Waals surface area contributed by atoms with Crippen molar-refractivity contribution in [3.63, 3.8) is 0 Å². The molecule has 0 saturated carbocycles. The monoisotopic (exact) mass is 400 g/mol. The van der Waals surface area contributed by atoms with Gasteiger partial charge in [0.15, 0.2) is 0 Å². The molecular formula is C16H12BrF3N2O2. The number of anilines is 2. The average molecular weight is 401 g/mol. The van der Waals surface area contributed by atoms with E-state index in [1.54, 1.807) is 18.2 Å². The Morgan fingerprint density at radius 1 is 0.958 bits per heavy atom. The quantitative estimate of drug-likeness (QED) is 0.736. The first-order valence-electron chi connectivity index (χ1n) is 6.73. The average Bonchev–Trinajstić information content (AvgIpc) is 2.49. The maximum Gasteiger partial charge on any atom is 0.418 e. The Hall–Kier alpha value is -2.35. The number of carbonyl (C=O) groups excluding carboxylic acids is 2. The van der Waals surface area contributed by atoms with E-state index in [0.717, 1.165) is 17.7 Å². The third kappa shape index (κ3) is 4.35. The molecule has 2 amide bonds. The third-order valence-electron chi connectivity index (χ3n) is 3.06. The van der Waals surface area contributed by atoms with Gasteiger partial charge in [0.1, 0.15) is 0 Å². The molecule has 0 saturated heterocycles. The highest BCUT2D eigenvalue weighted by Gasteiger charge is 2.34. The number of rotatable bonds is 2. The lowest BCUT2D eigenvalue weighted by molar-refractivity contribution is -0.137. The molecule has 0 radical (unpaired) electrons. The molecule has 4 nitrogen and oxygen atoms in total. The van der Waals surface area contributed by atoms with Crippen LogP contribution in [0.2, 0.25) is 0 Å². The van der Waals surface area contributed by atoms with Gasteiger partial charge in [-0.1, -0.05) is 18.2 Å². The van der Waals surface area contributed by atoms with E-state index in [1.165, 1.54) is 12.1 Å². The van der Waals surface area contributed by atoms with Crippen LogP contribution in [-0.2, 0) is 15.8 Å². The van der Waals surface area contributed by atoms with Gasteiger partial charge in [-0.25, -0.2) is 0 Å². The molecule has 0 heterocycles. The lowest BCUT2D eigenvalue weighted by atomic mass is 10.1. The van der Waals surface area contributed by atoms with E-state index in [0.29, 0.717) is 10.2 Å². The fourth-order valence-electron chi connectivity index (χ4n) is 1.92. The van der Waals surface area contributed by atoms with E-state index in [-0.39, 0.29) is 0 Å². The number of hydrogen-bond acceptors (Lipinski definition) is 2. The van der Waals surface area contributed by atoms with Crippen molar-refractivity contribution in [3.8, 4) is 0 Å². The first kappa shape index (κ1) is 18.0. The predicted octanol–water partition coefficient (Wildman–Crippen LogP) is 4.35. The smallest absolute Gasteiger partial charge is 0.317 e. The molecule has 2 aromatic carbocycles. The van der Waals surface area contributed by atoms with Gasteiger partial charge in [0, 0.05) is 4.47 Å². The van der Waals surface area contributed by atoms with Gasteiger partial charge in [-0.2, -0.15) is 13.2 Å². The fourth-order valence-corrected chi connectivity index (χ4v) is 2.51. The summed E-state index contributed by atoms with van der Waals surface area (Å²) in [5.74, 6) is -2.27. The number of para-hydroxylation sites is 1. The Labute approximate surface area is 144 Å². The van der Waals surface area contributed by atoms with Crippen LogP contribution in [0.5, 0.6) is 0 Å². The van der Waals surface area contributed by atoms with Crippen LogP contribution in [0.1, 0.15) is 11.1 Å². The summed E-state index contributed by atoms with van der Waals surface area (Å²) in [5.41, 5.74) is -0.232. The topological polar surface area (TPSA) is 58.2 Å². The van der Waals surface area contributed by atoms with Gasteiger partial charge in [-0.05, 0) is 52.7 Å². The second-order valence-electron chi connectivity index (χ2n) is 4.93. The Morgan fingerprint density at radius 3 is 2.12 bits per heavy atom. The van der Waals surface area contributed by atoms with Gasteiger partial charge in [-0.3, -0.25) is 9.59 Å². The van der Waals surface area contributed by atoms with E-state index in [1.807, 2.05) is 12.2 Å². The SMILES string of the molecule is Cc1ccc(NC(=O)C(=O)Nc2ccccc2C(F)(F)F)c(Br)c1. The number of halogens is 4. The molecule has 8 heteroatoms. The minimum Gasteiger partial charge on any atom is -0.317 e. The first-order valence-corrected chi connectivity index (χ1v) is 7.52. The molecule has 2 N–H and O–H groups in total. The minimum absolute atomic E-state index is 0.338. The standard InChI is InChI=1S/C16H12BrF3N2O2/c1-9-6-7-13(11(17)8-9)22-15(24)14(23)21-12-5-3-2-4-10(12)16(18,19)20/h2-8H,1H3,(H,21,23)(H,22,24). The minimum atomic E-state index is -4.64. The van der Waals surface area contributed by atoms with Crippen LogP contribution in [-0.4, -0.2) is 11.8 Å². The van der Waals surface area contributed by atoms with E-state index in [4.69, 9.17) is 0 Å². The number of aryl methyl sites for hydroxylation is 1. The molecule has 0 atom stereocenters. The van der Waals surface area contributed by atoms with E-state index < -0.39 is 29.2 Å². The number of hydrogen-bond donors (Lipinski definition) is 2. The number of benzene rings is 2. The molecule has 0 unspecified atom stereocenters. The van der Waals surface area contributed by atoms with Gasteiger partial charge in [0.2, 0.25) is 0 Å². The molecule has 126 valence electrons. The summed E-state index contributed by atoms with van der Waals surface area (Å²) >= 11 is 3.23. The summed E-state index contributed by atoms with van der Waals surface area (Å²) in [5, 5.41) is 4.32. The Bertz CT molecular complexity index is 791. The van der Waals surface area contributed by atoms with Crippen LogP contribution in [0.4, 0.5) is 24.5 Å². The third-order valence-corrected chi connectivity index (χ3v) is 3.72. The maximum atomic E-state index is 12.9. The number of alkyl halides is 3. The van der Waals surface area contributed by atoms with Crippen molar-refractivity contribution >= 4 is 39.1 Å². The molecule has 2 rings (SSSR count). The van der Waals surface area contributed by atoms with E-state index in [9.17, 15) is 22.8 Å². The molecule has 0 spiro atoms. The van der Waals surface area contributed by atoms with Gasteiger partial charge >= 0.3 is 18.0 Å². The molecule has 0 aliphatic rings.